The monoisotopic (exact) mass is 449 g/mol. The van der Waals surface area contributed by atoms with Gasteiger partial charge in [0.25, 0.3) is 11.8 Å². The first-order valence-electron chi connectivity index (χ1n) is 11.3. The first-order valence-corrected chi connectivity index (χ1v) is 11.3. The molecule has 172 valence electrons. The van der Waals surface area contributed by atoms with Crippen LogP contribution in [-0.2, 0) is 19.5 Å². The fraction of sp³-hybridized carbons (Fsp3) is 0.435. The fourth-order valence-electron chi connectivity index (χ4n) is 4.63. The molecule has 2 amide bonds. The Balaban J connectivity index is 1.34. The van der Waals surface area contributed by atoms with Crippen LogP contribution in [0.25, 0.3) is 0 Å². The summed E-state index contributed by atoms with van der Waals surface area (Å²) in [6, 6.07) is 10.2. The van der Waals surface area contributed by atoms with Crippen LogP contribution in [0.15, 0.2) is 35.0 Å². The normalized spacial score (nSPS) is 16.1. The highest BCUT2D eigenvalue weighted by atomic mass is 16.6. The molecule has 2 aliphatic heterocycles. The van der Waals surface area contributed by atoms with Gasteiger partial charge in [0, 0.05) is 62.6 Å². The summed E-state index contributed by atoms with van der Waals surface area (Å²) in [6.07, 6.45) is 0.640. The summed E-state index contributed by atoms with van der Waals surface area (Å²) in [5, 5.41) is 12.1. The van der Waals surface area contributed by atoms with Gasteiger partial charge in [-0.25, -0.2) is 4.63 Å². The maximum Gasteiger partial charge on any atom is 0.278 e. The quantitative estimate of drug-likeness (QED) is 0.598. The molecule has 1 aromatic carbocycles. The van der Waals surface area contributed by atoms with E-state index in [4.69, 9.17) is 4.63 Å². The number of benzene rings is 1. The number of carbonyl (C=O) groups excluding carboxylic acids is 2. The van der Waals surface area contributed by atoms with Crippen molar-refractivity contribution >= 4 is 17.5 Å². The third-order valence-electron chi connectivity index (χ3n) is 6.47. The first kappa shape index (κ1) is 21.2. The van der Waals surface area contributed by atoms with E-state index in [0.717, 1.165) is 24.3 Å². The van der Waals surface area contributed by atoms with Gasteiger partial charge in [0.05, 0.1) is 6.54 Å². The van der Waals surface area contributed by atoms with Crippen molar-refractivity contribution in [2.24, 2.45) is 0 Å². The van der Waals surface area contributed by atoms with E-state index in [2.05, 4.69) is 32.4 Å². The molecule has 4 heterocycles. The molecule has 10 nitrogen and oxygen atoms in total. The van der Waals surface area contributed by atoms with Crippen molar-refractivity contribution in [1.29, 1.82) is 0 Å². The number of amides is 2. The van der Waals surface area contributed by atoms with E-state index in [0.29, 0.717) is 50.5 Å². The lowest BCUT2D eigenvalue weighted by Crippen LogP contribution is -2.49. The number of rotatable bonds is 4. The van der Waals surface area contributed by atoms with E-state index in [1.54, 1.807) is 11.8 Å². The smallest absolute Gasteiger partial charge is 0.278 e. The lowest BCUT2D eigenvalue weighted by atomic mass is 10.0. The summed E-state index contributed by atoms with van der Waals surface area (Å²) in [5.41, 5.74) is 4.16. The average Bonchev–Trinajstić information content (AvgIpc) is 3.46. The zero-order valence-electron chi connectivity index (χ0n) is 18.9. The molecule has 2 aromatic heterocycles. The minimum atomic E-state index is -0.237. The van der Waals surface area contributed by atoms with Crippen molar-refractivity contribution < 1.29 is 14.2 Å². The Morgan fingerprint density at radius 3 is 2.33 bits per heavy atom. The molecular formula is C23H27N7O3. The van der Waals surface area contributed by atoms with Crippen molar-refractivity contribution in [2.75, 3.05) is 37.6 Å². The van der Waals surface area contributed by atoms with Gasteiger partial charge in [0.1, 0.15) is 5.69 Å². The number of anilines is 1. The van der Waals surface area contributed by atoms with Crippen molar-refractivity contribution in [1.82, 2.24) is 29.9 Å². The van der Waals surface area contributed by atoms with Gasteiger partial charge < -0.3 is 14.7 Å². The standard InChI is InChI=1S/C23H27N7O3/c1-3-30-19-9-10-29(22(31)20-16(2)25-33-26-20)15-18(19)21(24-30)23(32)28-13-11-27(12-14-28)17-7-5-4-6-8-17/h4-8H,3,9-15H2,1-2H3. The van der Waals surface area contributed by atoms with E-state index in [1.807, 2.05) is 34.7 Å². The molecule has 3 aromatic rings. The van der Waals surface area contributed by atoms with Crippen molar-refractivity contribution in [3.8, 4) is 0 Å². The lowest BCUT2D eigenvalue weighted by molar-refractivity contribution is 0.0702. The minimum Gasteiger partial charge on any atom is -0.368 e. The van der Waals surface area contributed by atoms with Gasteiger partial charge in [-0.1, -0.05) is 23.4 Å². The van der Waals surface area contributed by atoms with Crippen LogP contribution in [0, 0.1) is 6.92 Å². The predicted molar refractivity (Wildman–Crippen MR) is 120 cm³/mol. The van der Waals surface area contributed by atoms with Gasteiger partial charge in [0.2, 0.25) is 0 Å². The molecule has 1 fully saturated rings. The molecule has 2 aliphatic rings. The highest BCUT2D eigenvalue weighted by Crippen LogP contribution is 2.26. The number of carbonyl (C=O) groups is 2. The number of hydrogen-bond acceptors (Lipinski definition) is 7. The second kappa shape index (κ2) is 8.68. The van der Waals surface area contributed by atoms with Crippen LogP contribution in [0.1, 0.15) is 44.9 Å². The van der Waals surface area contributed by atoms with Gasteiger partial charge in [-0.2, -0.15) is 5.10 Å². The second-order valence-electron chi connectivity index (χ2n) is 8.38. The summed E-state index contributed by atoms with van der Waals surface area (Å²) in [5.74, 6) is -0.307. The summed E-state index contributed by atoms with van der Waals surface area (Å²) >= 11 is 0. The van der Waals surface area contributed by atoms with Gasteiger partial charge in [-0.15, -0.1) is 0 Å². The Bertz CT molecular complexity index is 1160. The van der Waals surface area contributed by atoms with E-state index in [9.17, 15) is 9.59 Å². The molecule has 5 rings (SSSR count). The molecular weight excluding hydrogens is 422 g/mol. The highest BCUT2D eigenvalue weighted by molar-refractivity contribution is 5.96. The van der Waals surface area contributed by atoms with Crippen LogP contribution in [0.4, 0.5) is 5.69 Å². The maximum atomic E-state index is 13.5. The fourth-order valence-corrected chi connectivity index (χ4v) is 4.63. The van der Waals surface area contributed by atoms with Gasteiger partial charge >= 0.3 is 0 Å². The topological polar surface area (TPSA) is 101 Å². The van der Waals surface area contributed by atoms with Crippen molar-refractivity contribution in [2.45, 2.75) is 33.4 Å². The molecule has 0 atom stereocenters. The predicted octanol–water partition coefficient (Wildman–Crippen LogP) is 1.76. The number of piperazine rings is 1. The molecule has 0 N–H and O–H groups in total. The Hall–Kier alpha value is -3.69. The Kier molecular flexibility index (Phi) is 5.57. The largest absolute Gasteiger partial charge is 0.368 e. The molecule has 10 heteroatoms. The SMILES string of the molecule is CCn1nc(C(=O)N2CCN(c3ccccc3)CC2)c2c1CCN(C(=O)c1nonc1C)C2. The summed E-state index contributed by atoms with van der Waals surface area (Å²) in [7, 11) is 0. The summed E-state index contributed by atoms with van der Waals surface area (Å²) in [6.45, 7) is 8.06. The second-order valence-corrected chi connectivity index (χ2v) is 8.38. The van der Waals surface area contributed by atoms with Crippen molar-refractivity contribution in [3.05, 3.63) is 58.7 Å². The van der Waals surface area contributed by atoms with Crippen LogP contribution in [0.5, 0.6) is 0 Å². The molecule has 0 spiro atoms. The van der Waals surface area contributed by atoms with Crippen LogP contribution >= 0.6 is 0 Å². The number of fused-ring (bicyclic) bond motifs is 1. The molecule has 33 heavy (non-hydrogen) atoms. The van der Waals surface area contributed by atoms with E-state index in [-0.39, 0.29) is 17.5 Å². The molecule has 0 bridgehead atoms. The molecule has 0 unspecified atom stereocenters. The third kappa shape index (κ3) is 3.85. The van der Waals surface area contributed by atoms with Gasteiger partial charge in [-0.05, 0) is 31.1 Å². The van der Waals surface area contributed by atoms with Crippen LogP contribution in [0.2, 0.25) is 0 Å². The maximum absolute atomic E-state index is 13.5. The lowest BCUT2D eigenvalue weighted by Gasteiger charge is -2.36. The summed E-state index contributed by atoms with van der Waals surface area (Å²) in [4.78, 5) is 32.3. The van der Waals surface area contributed by atoms with E-state index >= 15 is 0 Å². The summed E-state index contributed by atoms with van der Waals surface area (Å²) < 4.78 is 6.60. The minimum absolute atomic E-state index is 0.0697. The Labute approximate surface area is 191 Å². The zero-order valence-corrected chi connectivity index (χ0v) is 18.9. The number of aromatic nitrogens is 4. The number of para-hydroxylation sites is 1. The number of aryl methyl sites for hydroxylation is 2. The Morgan fingerprint density at radius 2 is 1.67 bits per heavy atom. The van der Waals surface area contributed by atoms with Gasteiger partial charge in [-0.3, -0.25) is 14.3 Å². The number of hydrogen-bond donors (Lipinski definition) is 0. The number of nitrogens with zero attached hydrogens (tertiary/aromatic N) is 7. The van der Waals surface area contributed by atoms with Crippen LogP contribution in [-0.4, -0.2) is 74.4 Å². The average molecular weight is 450 g/mol. The molecule has 0 aliphatic carbocycles. The highest BCUT2D eigenvalue weighted by Gasteiger charge is 2.34. The van der Waals surface area contributed by atoms with E-state index < -0.39 is 0 Å². The van der Waals surface area contributed by atoms with Crippen LogP contribution < -0.4 is 4.90 Å². The van der Waals surface area contributed by atoms with Gasteiger partial charge in [0.15, 0.2) is 11.4 Å². The first-order chi connectivity index (χ1) is 16.1. The Morgan fingerprint density at radius 1 is 0.939 bits per heavy atom. The molecule has 1 saturated heterocycles. The van der Waals surface area contributed by atoms with E-state index in [1.165, 1.54) is 5.69 Å². The van der Waals surface area contributed by atoms with Crippen molar-refractivity contribution in [3.63, 3.8) is 0 Å². The third-order valence-corrected chi connectivity index (χ3v) is 6.47. The van der Waals surface area contributed by atoms with Crippen LogP contribution in [0.3, 0.4) is 0 Å². The zero-order chi connectivity index (χ0) is 22.9. The molecule has 0 radical (unpaired) electrons. The molecule has 0 saturated carbocycles.